The van der Waals surface area contributed by atoms with Gasteiger partial charge in [-0.05, 0) is 25.1 Å². The summed E-state index contributed by atoms with van der Waals surface area (Å²) >= 11 is 0. The van der Waals surface area contributed by atoms with Gasteiger partial charge in [0.05, 0.1) is 24.9 Å². The van der Waals surface area contributed by atoms with Crippen LogP contribution in [0.25, 0.3) is 0 Å². The quantitative estimate of drug-likeness (QED) is 0.144. The fraction of sp³-hybridized carbons (Fsp3) is 0.684. The summed E-state index contributed by atoms with van der Waals surface area (Å²) in [5.41, 5.74) is 3.79. The molecule has 0 fully saturated rings. The average molecular weight is 371 g/mol. The van der Waals surface area contributed by atoms with Crippen LogP contribution in [0.5, 0.6) is 0 Å². The van der Waals surface area contributed by atoms with Gasteiger partial charge in [0.1, 0.15) is 6.79 Å². The monoisotopic (exact) mass is 370 g/mol. The van der Waals surface area contributed by atoms with E-state index < -0.39 is 20.4 Å². The topological polar surface area (TPSA) is 54.0 Å². The molecule has 0 aliphatic carbocycles. The lowest BCUT2D eigenvalue weighted by Gasteiger charge is -2.41. The normalized spacial score (nSPS) is 14.4. The third-order valence-electron chi connectivity index (χ3n) is 4.50. The van der Waals surface area contributed by atoms with E-state index in [2.05, 4.69) is 52.8 Å². The van der Waals surface area contributed by atoms with Gasteiger partial charge in [0.2, 0.25) is 0 Å². The summed E-state index contributed by atoms with van der Waals surface area (Å²) in [4.78, 5) is 11.9. The second-order valence-electron chi connectivity index (χ2n) is 7.61. The Balaban J connectivity index is 5.64. The fourth-order valence-corrected chi connectivity index (χ4v) is 3.29. The van der Waals surface area contributed by atoms with Crippen LogP contribution in [0.2, 0.25) is 18.1 Å². The minimum atomic E-state index is -2.07. The van der Waals surface area contributed by atoms with Crippen LogP contribution < -0.4 is 0 Å². The number of hydrogen-bond donors (Lipinski definition) is 0. The SMILES string of the molecule is C=C=C(C[C@@H](OCOC)[C@H](O[Si](C)(C)C(C)(C)C)C(=C)C)C(=O)OC. The third kappa shape index (κ3) is 7.30. The smallest absolute Gasteiger partial charge is 0.341 e. The lowest BCUT2D eigenvalue weighted by Crippen LogP contribution is -2.48. The molecule has 0 heterocycles. The van der Waals surface area contributed by atoms with Gasteiger partial charge in [-0.1, -0.05) is 39.5 Å². The molecule has 0 amide bonds. The van der Waals surface area contributed by atoms with Gasteiger partial charge < -0.3 is 18.6 Å². The number of carbonyl (C=O) groups excluding carboxylic acids is 1. The molecular formula is C19H34O5Si. The first kappa shape index (κ1) is 23.8. The fourth-order valence-electron chi connectivity index (χ4n) is 1.95. The minimum Gasteiger partial charge on any atom is -0.465 e. The molecule has 6 heteroatoms. The summed E-state index contributed by atoms with van der Waals surface area (Å²) in [6.45, 7) is 20.5. The van der Waals surface area contributed by atoms with Crippen molar-refractivity contribution in [3.63, 3.8) is 0 Å². The summed E-state index contributed by atoms with van der Waals surface area (Å²) < 4.78 is 22.2. The van der Waals surface area contributed by atoms with Gasteiger partial charge in [-0.2, -0.15) is 0 Å². The highest BCUT2D eigenvalue weighted by atomic mass is 28.4. The molecule has 0 aromatic heterocycles. The van der Waals surface area contributed by atoms with Gasteiger partial charge in [-0.15, -0.1) is 5.73 Å². The highest BCUT2D eigenvalue weighted by Gasteiger charge is 2.41. The Hall–Kier alpha value is -1.17. The van der Waals surface area contributed by atoms with Crippen LogP contribution in [0, 0.1) is 0 Å². The van der Waals surface area contributed by atoms with Crippen molar-refractivity contribution in [1.82, 2.24) is 0 Å². The zero-order chi connectivity index (χ0) is 19.8. The Bertz CT molecular complexity index is 512. The molecule has 0 radical (unpaired) electrons. The Morgan fingerprint density at radius 1 is 1.24 bits per heavy atom. The second kappa shape index (κ2) is 10.1. The molecule has 0 aromatic rings. The van der Waals surface area contributed by atoms with Crippen LogP contribution in [0.4, 0.5) is 0 Å². The van der Waals surface area contributed by atoms with Crippen LogP contribution in [-0.4, -0.2) is 47.5 Å². The number of rotatable bonds is 10. The Morgan fingerprint density at radius 2 is 1.80 bits per heavy atom. The second-order valence-corrected chi connectivity index (χ2v) is 12.4. The predicted octanol–water partition coefficient (Wildman–Crippen LogP) is 4.22. The summed E-state index contributed by atoms with van der Waals surface area (Å²) in [6.07, 6.45) is -0.565. The molecule has 0 bridgehead atoms. The van der Waals surface area contributed by atoms with E-state index >= 15 is 0 Å². The molecule has 5 nitrogen and oxygen atoms in total. The van der Waals surface area contributed by atoms with Crippen LogP contribution >= 0.6 is 0 Å². The summed E-state index contributed by atoms with van der Waals surface area (Å²) in [7, 11) is 0.802. The van der Waals surface area contributed by atoms with Crippen molar-refractivity contribution in [1.29, 1.82) is 0 Å². The number of methoxy groups -OCH3 is 2. The minimum absolute atomic E-state index is 0.0337. The molecule has 144 valence electrons. The Morgan fingerprint density at radius 3 is 2.16 bits per heavy atom. The highest BCUT2D eigenvalue weighted by molar-refractivity contribution is 6.74. The van der Waals surface area contributed by atoms with Gasteiger partial charge >= 0.3 is 5.97 Å². The summed E-state index contributed by atoms with van der Waals surface area (Å²) in [5, 5.41) is 0.0337. The third-order valence-corrected chi connectivity index (χ3v) is 8.96. The first-order valence-electron chi connectivity index (χ1n) is 8.32. The van der Waals surface area contributed by atoms with E-state index in [4.69, 9.17) is 18.6 Å². The largest absolute Gasteiger partial charge is 0.465 e. The maximum absolute atomic E-state index is 11.9. The van der Waals surface area contributed by atoms with Crippen molar-refractivity contribution in [2.75, 3.05) is 21.0 Å². The van der Waals surface area contributed by atoms with Crippen molar-refractivity contribution < 1.29 is 23.4 Å². The molecule has 0 saturated heterocycles. The van der Waals surface area contributed by atoms with Crippen molar-refractivity contribution in [2.24, 2.45) is 0 Å². The van der Waals surface area contributed by atoms with Gasteiger partial charge in [-0.25, -0.2) is 4.79 Å². The zero-order valence-electron chi connectivity index (χ0n) is 17.0. The lowest BCUT2D eigenvalue weighted by atomic mass is 10.0. The van der Waals surface area contributed by atoms with E-state index in [0.717, 1.165) is 5.57 Å². The maximum atomic E-state index is 11.9. The van der Waals surface area contributed by atoms with Crippen molar-refractivity contribution >= 4 is 14.3 Å². The van der Waals surface area contributed by atoms with Gasteiger partial charge in [0, 0.05) is 13.5 Å². The van der Waals surface area contributed by atoms with Crippen LogP contribution in [0.3, 0.4) is 0 Å². The summed E-state index contributed by atoms with van der Waals surface area (Å²) in [5.74, 6) is -0.478. The molecule has 0 unspecified atom stereocenters. The zero-order valence-corrected chi connectivity index (χ0v) is 18.0. The first-order chi connectivity index (χ1) is 11.4. The maximum Gasteiger partial charge on any atom is 0.341 e. The van der Waals surface area contributed by atoms with Gasteiger partial charge in [0.15, 0.2) is 8.32 Å². The highest BCUT2D eigenvalue weighted by Crippen LogP contribution is 2.39. The van der Waals surface area contributed by atoms with Crippen LogP contribution in [0.1, 0.15) is 34.1 Å². The number of carbonyl (C=O) groups is 1. The van der Waals surface area contributed by atoms with E-state index in [9.17, 15) is 4.79 Å². The number of hydrogen-bond acceptors (Lipinski definition) is 5. The van der Waals surface area contributed by atoms with E-state index in [-0.39, 0.29) is 24.4 Å². The molecular weight excluding hydrogens is 336 g/mol. The molecule has 0 rings (SSSR count). The molecule has 0 aromatic carbocycles. The van der Waals surface area contributed by atoms with Crippen LogP contribution in [-0.2, 0) is 23.4 Å². The number of esters is 1. The van der Waals surface area contributed by atoms with Crippen molar-refractivity contribution in [2.45, 2.75) is 64.5 Å². The molecule has 2 atom stereocenters. The van der Waals surface area contributed by atoms with E-state index in [1.807, 2.05) is 6.92 Å². The molecule has 0 saturated carbocycles. The van der Waals surface area contributed by atoms with E-state index in [0.29, 0.717) is 5.57 Å². The molecule has 0 N–H and O–H groups in total. The average Bonchev–Trinajstić information content (AvgIpc) is 2.51. The molecule has 0 spiro atoms. The Kier molecular flexibility index (Phi) is 9.62. The van der Waals surface area contributed by atoms with Crippen molar-refractivity contribution in [3.8, 4) is 0 Å². The van der Waals surface area contributed by atoms with E-state index in [1.165, 1.54) is 7.11 Å². The Labute approximate surface area is 153 Å². The summed E-state index contributed by atoms with van der Waals surface area (Å²) in [6, 6.07) is 0. The standard InChI is InChI=1S/C19H34O5Si/c1-11-15(18(20)22-8)12-16(23-13-21-7)17(14(2)3)24-25(9,10)19(4,5)6/h16-17H,1-2,12-13H2,3-10H3/t16-,17-/m1/s1. The van der Waals surface area contributed by atoms with Crippen molar-refractivity contribution in [3.05, 3.63) is 30.0 Å². The molecule has 0 aliphatic heterocycles. The molecule has 0 aliphatic rings. The van der Waals surface area contributed by atoms with Gasteiger partial charge in [0.25, 0.3) is 0 Å². The van der Waals surface area contributed by atoms with Crippen LogP contribution in [0.15, 0.2) is 30.0 Å². The predicted molar refractivity (Wildman–Crippen MR) is 103 cm³/mol. The lowest BCUT2D eigenvalue weighted by molar-refractivity contribution is -0.137. The number of ether oxygens (including phenoxy) is 3. The van der Waals surface area contributed by atoms with E-state index in [1.54, 1.807) is 7.11 Å². The van der Waals surface area contributed by atoms with Gasteiger partial charge in [-0.3, -0.25) is 0 Å². The first-order valence-corrected chi connectivity index (χ1v) is 11.2. The molecule has 25 heavy (non-hydrogen) atoms.